The van der Waals surface area contributed by atoms with Crippen molar-refractivity contribution in [3.8, 4) is 11.1 Å². The van der Waals surface area contributed by atoms with Crippen LogP contribution in [0.15, 0.2) is 53.4 Å². The van der Waals surface area contributed by atoms with Gasteiger partial charge in [-0.25, -0.2) is 4.21 Å². The predicted molar refractivity (Wildman–Crippen MR) is 73.0 cm³/mol. The largest absolute Gasteiger partial charge is 0.302 e. The molecule has 0 aliphatic rings. The lowest BCUT2D eigenvalue weighted by molar-refractivity contribution is 0.562. The fourth-order valence-corrected chi connectivity index (χ4v) is 2.52. The molecule has 0 bridgehead atoms. The lowest BCUT2D eigenvalue weighted by Gasteiger charge is -2.06. The van der Waals surface area contributed by atoms with Gasteiger partial charge in [0.05, 0.1) is 4.90 Å². The van der Waals surface area contributed by atoms with Gasteiger partial charge in [0, 0.05) is 11.2 Å². The Balaban J connectivity index is 2.47. The average Bonchev–Trinajstić information content (AvgIpc) is 2.29. The van der Waals surface area contributed by atoms with Crippen LogP contribution in [0.25, 0.3) is 11.1 Å². The molecule has 1 atom stereocenters. The van der Waals surface area contributed by atoms with Crippen LogP contribution in [0.3, 0.4) is 0 Å². The third kappa shape index (κ3) is 2.72. The Morgan fingerprint density at radius 3 is 2.18 bits per heavy atom. The smallest absolute Gasteiger partial charge is 0.171 e. The molecule has 4 heteroatoms. The van der Waals surface area contributed by atoms with E-state index in [1.54, 1.807) is 12.1 Å². The van der Waals surface area contributed by atoms with Gasteiger partial charge in [0.1, 0.15) is 0 Å². The highest BCUT2D eigenvalue weighted by atomic mass is 32.8. The molecule has 2 aromatic carbocycles. The van der Waals surface area contributed by atoms with Crippen LogP contribution in [-0.4, -0.2) is 8.76 Å². The van der Waals surface area contributed by atoms with Crippen LogP contribution in [0, 0.1) is 6.92 Å². The van der Waals surface area contributed by atoms with E-state index in [4.69, 9.17) is 0 Å². The molecule has 0 radical (unpaired) electrons. The van der Waals surface area contributed by atoms with Crippen molar-refractivity contribution >= 4 is 20.0 Å². The molecular formula is C13H12O2S2. The van der Waals surface area contributed by atoms with E-state index in [1.807, 2.05) is 43.3 Å². The van der Waals surface area contributed by atoms with Crippen LogP contribution in [-0.2, 0) is 20.0 Å². The molecule has 88 valence electrons. The second-order valence-corrected chi connectivity index (χ2v) is 6.59. The maximum Gasteiger partial charge on any atom is 0.171 e. The number of aryl methyl sites for hydroxylation is 1. The van der Waals surface area contributed by atoms with Crippen molar-refractivity contribution in [2.45, 2.75) is 11.8 Å². The third-order valence-electron chi connectivity index (χ3n) is 2.61. The van der Waals surface area contributed by atoms with Gasteiger partial charge in [0.25, 0.3) is 0 Å². The predicted octanol–water partition coefficient (Wildman–Crippen LogP) is 3.24. The third-order valence-corrected chi connectivity index (χ3v) is 4.05. The normalized spacial score (nSPS) is 14.2. The summed E-state index contributed by atoms with van der Waals surface area (Å²) < 4.78 is 20.5. The van der Waals surface area contributed by atoms with Crippen LogP contribution < -0.4 is 0 Å². The first-order valence-electron chi connectivity index (χ1n) is 5.12. The molecule has 2 nitrogen and oxygen atoms in total. The van der Waals surface area contributed by atoms with Crippen molar-refractivity contribution < 1.29 is 8.76 Å². The van der Waals surface area contributed by atoms with Crippen LogP contribution >= 0.6 is 0 Å². The molecule has 2 rings (SSSR count). The van der Waals surface area contributed by atoms with Crippen molar-refractivity contribution in [2.75, 3.05) is 0 Å². The monoisotopic (exact) mass is 264 g/mol. The van der Waals surface area contributed by atoms with E-state index in [0.717, 1.165) is 11.1 Å². The highest BCUT2D eigenvalue weighted by Crippen LogP contribution is 2.24. The molecule has 0 spiro atoms. The first-order chi connectivity index (χ1) is 7.98. The van der Waals surface area contributed by atoms with Gasteiger partial charge >= 0.3 is 0 Å². The van der Waals surface area contributed by atoms with E-state index in [-0.39, 0.29) is 4.90 Å². The summed E-state index contributed by atoms with van der Waals surface area (Å²) in [6.07, 6.45) is 0. The Morgan fingerprint density at radius 2 is 1.65 bits per heavy atom. The molecule has 0 fully saturated rings. The SMILES string of the molecule is Cc1ccccc1-c1ccc(S(=O)(O)=S)cc1. The topological polar surface area (TPSA) is 37.3 Å². The second-order valence-electron chi connectivity index (χ2n) is 3.81. The molecule has 0 saturated heterocycles. The molecule has 0 heterocycles. The zero-order chi connectivity index (χ0) is 12.5. The quantitative estimate of drug-likeness (QED) is 0.904. The molecule has 0 amide bonds. The van der Waals surface area contributed by atoms with E-state index in [2.05, 4.69) is 11.2 Å². The van der Waals surface area contributed by atoms with Gasteiger partial charge in [-0.1, -0.05) is 36.4 Å². The summed E-state index contributed by atoms with van der Waals surface area (Å²) in [6.45, 7) is 2.03. The highest BCUT2D eigenvalue weighted by Gasteiger charge is 2.06. The zero-order valence-electron chi connectivity index (χ0n) is 9.29. The Morgan fingerprint density at radius 1 is 1.06 bits per heavy atom. The average molecular weight is 264 g/mol. The van der Waals surface area contributed by atoms with Crippen molar-refractivity contribution in [2.24, 2.45) is 0 Å². The standard InChI is InChI=1S/C13H12O2S2/c1-10-4-2-3-5-13(10)11-6-8-12(9-7-11)17(14,15)16/h2-9H,1H3,(H,14,15,16). The molecule has 17 heavy (non-hydrogen) atoms. The van der Waals surface area contributed by atoms with Crippen LogP contribution in [0.5, 0.6) is 0 Å². The van der Waals surface area contributed by atoms with Gasteiger partial charge in [0.2, 0.25) is 0 Å². The van der Waals surface area contributed by atoms with Gasteiger partial charge in [0.15, 0.2) is 8.77 Å². The van der Waals surface area contributed by atoms with E-state index >= 15 is 0 Å². The highest BCUT2D eigenvalue weighted by molar-refractivity contribution is 8.29. The van der Waals surface area contributed by atoms with Gasteiger partial charge in [-0.2, -0.15) is 0 Å². The van der Waals surface area contributed by atoms with Gasteiger partial charge < -0.3 is 4.55 Å². The summed E-state index contributed by atoms with van der Waals surface area (Å²) in [6, 6.07) is 14.9. The Bertz CT molecular complexity index is 629. The molecular weight excluding hydrogens is 252 g/mol. The van der Waals surface area contributed by atoms with Crippen molar-refractivity contribution in [3.63, 3.8) is 0 Å². The van der Waals surface area contributed by atoms with Crippen molar-refractivity contribution in [1.29, 1.82) is 0 Å². The van der Waals surface area contributed by atoms with E-state index < -0.39 is 8.77 Å². The van der Waals surface area contributed by atoms with E-state index in [0.29, 0.717) is 0 Å². The molecule has 1 unspecified atom stereocenters. The fourth-order valence-electron chi connectivity index (χ4n) is 1.70. The Kier molecular flexibility index (Phi) is 3.28. The van der Waals surface area contributed by atoms with Crippen LogP contribution in [0.2, 0.25) is 0 Å². The summed E-state index contributed by atoms with van der Waals surface area (Å²) >= 11 is 4.52. The molecule has 0 aromatic heterocycles. The molecule has 0 aliphatic heterocycles. The van der Waals surface area contributed by atoms with E-state index in [1.165, 1.54) is 5.56 Å². The minimum Gasteiger partial charge on any atom is -0.302 e. The Hall–Kier alpha value is -1.23. The van der Waals surface area contributed by atoms with E-state index in [9.17, 15) is 8.76 Å². The van der Waals surface area contributed by atoms with Gasteiger partial charge in [-0.05, 0) is 35.7 Å². The first-order valence-corrected chi connectivity index (χ1v) is 7.56. The number of hydrogen-bond acceptors (Lipinski definition) is 2. The molecule has 2 aromatic rings. The van der Waals surface area contributed by atoms with Gasteiger partial charge in [-0.3, -0.25) is 0 Å². The number of rotatable bonds is 2. The zero-order valence-corrected chi connectivity index (χ0v) is 10.9. The molecule has 0 aliphatic carbocycles. The summed E-state index contributed by atoms with van der Waals surface area (Å²) in [5.74, 6) is 0. The first kappa shape index (κ1) is 12.2. The summed E-state index contributed by atoms with van der Waals surface area (Å²) in [4.78, 5) is 0.282. The maximum atomic E-state index is 11.3. The number of hydrogen-bond donors (Lipinski definition) is 1. The minimum absolute atomic E-state index is 0.282. The molecule has 0 saturated carbocycles. The van der Waals surface area contributed by atoms with Crippen molar-refractivity contribution in [3.05, 3.63) is 54.1 Å². The lowest BCUT2D eigenvalue weighted by atomic mass is 10.0. The van der Waals surface area contributed by atoms with Gasteiger partial charge in [-0.15, -0.1) is 0 Å². The molecule has 1 N–H and O–H groups in total. The lowest BCUT2D eigenvalue weighted by Crippen LogP contribution is -1.95. The fraction of sp³-hybridized carbons (Fsp3) is 0.0769. The maximum absolute atomic E-state index is 11.3. The minimum atomic E-state index is -3.28. The summed E-state index contributed by atoms with van der Waals surface area (Å²) in [7, 11) is -3.28. The number of benzene rings is 2. The van der Waals surface area contributed by atoms with Crippen molar-refractivity contribution in [1.82, 2.24) is 0 Å². The Labute approximate surface area is 106 Å². The summed E-state index contributed by atoms with van der Waals surface area (Å²) in [5, 5.41) is 0. The van der Waals surface area contributed by atoms with Crippen LogP contribution in [0.1, 0.15) is 5.56 Å². The summed E-state index contributed by atoms with van der Waals surface area (Å²) in [5.41, 5.74) is 3.31. The van der Waals surface area contributed by atoms with Crippen LogP contribution in [0.4, 0.5) is 0 Å². The second kappa shape index (κ2) is 4.56.